The van der Waals surface area contributed by atoms with Crippen molar-refractivity contribution in [2.24, 2.45) is 11.5 Å². The third-order valence-corrected chi connectivity index (χ3v) is 4.14. The molecule has 1 rings (SSSR count). The Labute approximate surface area is 114 Å². The quantitative estimate of drug-likeness (QED) is 0.482. The van der Waals surface area contributed by atoms with Gasteiger partial charge in [-0.1, -0.05) is 5.21 Å². The highest BCUT2D eigenvalue weighted by atomic mass is 32.2. The number of aromatic carboxylic acids is 1. The van der Waals surface area contributed by atoms with Crippen LogP contribution in [0.1, 0.15) is 22.6 Å². The zero-order valence-electron chi connectivity index (χ0n) is 10.5. The number of aryl methyl sites for hydroxylation is 1. The average molecular weight is 305 g/mol. The van der Waals surface area contributed by atoms with Crippen LogP contribution in [0.5, 0.6) is 0 Å². The highest BCUT2D eigenvalue weighted by Crippen LogP contribution is 2.06. The Bertz CT molecular complexity index is 608. The van der Waals surface area contributed by atoms with Crippen LogP contribution in [0.3, 0.4) is 0 Å². The number of hydrogen-bond donors (Lipinski definition) is 3. The molecule has 0 aliphatic heterocycles. The molecule has 0 aromatic carbocycles. The van der Waals surface area contributed by atoms with Crippen molar-refractivity contribution in [3.63, 3.8) is 0 Å². The molecular formula is C9H15N5O5S. The predicted octanol–water partition coefficient (Wildman–Crippen LogP) is -2.27. The number of nitrogens with zero attached hydrogens (tertiary/aromatic N) is 3. The summed E-state index contributed by atoms with van der Waals surface area (Å²) in [4.78, 5) is 21.4. The van der Waals surface area contributed by atoms with Crippen molar-refractivity contribution < 1.29 is 23.1 Å². The fourth-order valence-electron chi connectivity index (χ4n) is 1.46. The number of aromatic nitrogens is 3. The van der Waals surface area contributed by atoms with Crippen molar-refractivity contribution >= 4 is 21.7 Å². The largest absolute Gasteiger partial charge is 0.476 e. The Morgan fingerprint density at radius 2 is 1.95 bits per heavy atom. The number of sulfone groups is 1. The number of amides is 1. The van der Waals surface area contributed by atoms with Crippen molar-refractivity contribution in [2.45, 2.75) is 19.5 Å². The second-order valence-electron chi connectivity index (χ2n) is 3.99. The van der Waals surface area contributed by atoms with E-state index in [-0.39, 0.29) is 42.4 Å². The molecule has 0 radical (unpaired) electrons. The first-order chi connectivity index (χ1) is 9.26. The van der Waals surface area contributed by atoms with Gasteiger partial charge in [0, 0.05) is 13.0 Å². The number of primary amides is 1. The molecule has 112 valence electrons. The Kier molecular flexibility index (Phi) is 5.16. The van der Waals surface area contributed by atoms with Crippen molar-refractivity contribution in [3.8, 4) is 0 Å². The van der Waals surface area contributed by atoms with E-state index in [0.717, 1.165) is 4.68 Å². The molecule has 0 saturated heterocycles. The van der Waals surface area contributed by atoms with Crippen molar-refractivity contribution in [2.75, 3.05) is 11.5 Å². The van der Waals surface area contributed by atoms with Crippen LogP contribution in [0.15, 0.2) is 0 Å². The van der Waals surface area contributed by atoms with Crippen LogP contribution in [0.4, 0.5) is 0 Å². The summed E-state index contributed by atoms with van der Waals surface area (Å²) in [5.41, 5.74) is 10.1. The summed E-state index contributed by atoms with van der Waals surface area (Å²) in [5, 5.41) is 15.8. The summed E-state index contributed by atoms with van der Waals surface area (Å²) >= 11 is 0. The molecule has 1 aromatic heterocycles. The van der Waals surface area contributed by atoms with Gasteiger partial charge >= 0.3 is 5.97 Å². The molecule has 0 atom stereocenters. The number of rotatable bonds is 8. The van der Waals surface area contributed by atoms with Gasteiger partial charge in [0.15, 0.2) is 15.5 Å². The van der Waals surface area contributed by atoms with E-state index in [1.165, 1.54) is 0 Å². The topological polar surface area (TPSA) is 171 Å². The van der Waals surface area contributed by atoms with E-state index in [1.54, 1.807) is 0 Å². The molecule has 1 amide bonds. The van der Waals surface area contributed by atoms with Gasteiger partial charge in [-0.25, -0.2) is 17.9 Å². The molecule has 0 spiro atoms. The lowest BCUT2D eigenvalue weighted by molar-refractivity contribution is -0.117. The van der Waals surface area contributed by atoms with Crippen molar-refractivity contribution in [1.82, 2.24) is 15.0 Å². The molecule has 0 aliphatic rings. The van der Waals surface area contributed by atoms with Gasteiger partial charge in [-0.05, 0) is 0 Å². The molecule has 1 aromatic rings. The molecular weight excluding hydrogens is 290 g/mol. The first kappa shape index (κ1) is 16.0. The first-order valence-corrected chi connectivity index (χ1v) is 7.43. The van der Waals surface area contributed by atoms with E-state index in [1.807, 2.05) is 0 Å². The van der Waals surface area contributed by atoms with Gasteiger partial charge in [-0.2, -0.15) is 0 Å². The lowest BCUT2D eigenvalue weighted by atomic mass is 10.3. The minimum atomic E-state index is -3.49. The minimum absolute atomic E-state index is 0.0894. The van der Waals surface area contributed by atoms with Gasteiger partial charge in [0.25, 0.3) is 0 Å². The predicted molar refractivity (Wildman–Crippen MR) is 67.3 cm³/mol. The number of carboxylic acid groups (broad SMARTS) is 1. The number of nitrogens with two attached hydrogens (primary N) is 2. The van der Waals surface area contributed by atoms with Gasteiger partial charge in [-0.15, -0.1) is 5.10 Å². The van der Waals surface area contributed by atoms with Crippen LogP contribution in [-0.4, -0.2) is 51.9 Å². The summed E-state index contributed by atoms with van der Waals surface area (Å²) in [6.07, 6.45) is -0.260. The summed E-state index contributed by atoms with van der Waals surface area (Å²) < 4.78 is 24.4. The number of carbonyl (C=O) groups is 2. The van der Waals surface area contributed by atoms with Crippen LogP contribution in [-0.2, 0) is 27.7 Å². The van der Waals surface area contributed by atoms with Crippen molar-refractivity contribution in [3.05, 3.63) is 11.4 Å². The zero-order valence-corrected chi connectivity index (χ0v) is 11.3. The monoisotopic (exact) mass is 305 g/mol. The van der Waals surface area contributed by atoms with Gasteiger partial charge in [-0.3, -0.25) is 4.79 Å². The lowest BCUT2D eigenvalue weighted by Gasteiger charge is -2.06. The molecule has 20 heavy (non-hydrogen) atoms. The van der Waals surface area contributed by atoms with Crippen LogP contribution in [0.2, 0.25) is 0 Å². The molecule has 0 saturated carbocycles. The number of carbonyl (C=O) groups excluding carboxylic acids is 1. The highest BCUT2D eigenvalue weighted by molar-refractivity contribution is 7.91. The first-order valence-electron chi connectivity index (χ1n) is 5.61. The second-order valence-corrected chi connectivity index (χ2v) is 6.29. The summed E-state index contributed by atoms with van der Waals surface area (Å²) in [5.74, 6) is -2.66. The van der Waals surface area contributed by atoms with E-state index in [4.69, 9.17) is 16.6 Å². The van der Waals surface area contributed by atoms with Gasteiger partial charge in [0.1, 0.15) is 0 Å². The van der Waals surface area contributed by atoms with E-state index in [9.17, 15) is 18.0 Å². The standard InChI is InChI=1S/C9H15N5O5S/c10-5-6-8(9(16)17)12-13-14(6)2-4-20(18,19)3-1-7(11)15/h1-5,10H2,(H2,11,15)(H,16,17). The molecule has 11 heteroatoms. The average Bonchev–Trinajstić information content (AvgIpc) is 2.77. The lowest BCUT2D eigenvalue weighted by Crippen LogP contribution is -2.22. The molecule has 5 N–H and O–H groups in total. The molecule has 0 bridgehead atoms. The fourth-order valence-corrected chi connectivity index (χ4v) is 2.63. The van der Waals surface area contributed by atoms with E-state index in [2.05, 4.69) is 10.3 Å². The minimum Gasteiger partial charge on any atom is -0.476 e. The normalized spacial score (nSPS) is 11.4. The Balaban J connectivity index is 2.75. The molecule has 0 unspecified atom stereocenters. The smallest absolute Gasteiger partial charge is 0.358 e. The fraction of sp³-hybridized carbons (Fsp3) is 0.556. The van der Waals surface area contributed by atoms with Crippen LogP contribution in [0.25, 0.3) is 0 Å². The number of carboxylic acids is 1. The molecule has 10 nitrogen and oxygen atoms in total. The Hall–Kier alpha value is -2.01. The van der Waals surface area contributed by atoms with E-state index < -0.39 is 21.7 Å². The molecule has 0 aliphatic carbocycles. The Morgan fingerprint density at radius 3 is 2.45 bits per heavy atom. The third kappa shape index (κ3) is 4.28. The van der Waals surface area contributed by atoms with Gasteiger partial charge < -0.3 is 16.6 Å². The van der Waals surface area contributed by atoms with E-state index >= 15 is 0 Å². The van der Waals surface area contributed by atoms with E-state index in [0.29, 0.717) is 0 Å². The third-order valence-electron chi connectivity index (χ3n) is 2.51. The maximum Gasteiger partial charge on any atom is 0.358 e. The zero-order chi connectivity index (χ0) is 15.3. The van der Waals surface area contributed by atoms with Crippen LogP contribution in [0, 0.1) is 0 Å². The molecule has 0 fully saturated rings. The Morgan fingerprint density at radius 1 is 1.30 bits per heavy atom. The summed E-state index contributed by atoms with van der Waals surface area (Å²) in [6, 6.07) is 0. The summed E-state index contributed by atoms with van der Waals surface area (Å²) in [6.45, 7) is -0.218. The van der Waals surface area contributed by atoms with Crippen LogP contribution >= 0.6 is 0 Å². The summed E-state index contributed by atoms with van der Waals surface area (Å²) in [7, 11) is -3.49. The van der Waals surface area contributed by atoms with Crippen LogP contribution < -0.4 is 11.5 Å². The SMILES string of the molecule is NCc1c(C(=O)O)nnn1CCS(=O)(=O)CCC(N)=O. The van der Waals surface area contributed by atoms with Gasteiger partial charge in [0.2, 0.25) is 5.91 Å². The molecule has 1 heterocycles. The van der Waals surface area contributed by atoms with Crippen molar-refractivity contribution in [1.29, 1.82) is 0 Å². The highest BCUT2D eigenvalue weighted by Gasteiger charge is 2.19. The second kappa shape index (κ2) is 6.43. The maximum atomic E-state index is 11.6. The maximum absolute atomic E-state index is 11.6. The number of hydrogen-bond acceptors (Lipinski definition) is 7. The van der Waals surface area contributed by atoms with Gasteiger partial charge in [0.05, 0.1) is 23.7 Å².